The molecule has 7 nitrogen and oxygen atoms in total. The van der Waals surface area contributed by atoms with Crippen molar-refractivity contribution in [3.63, 3.8) is 0 Å². The first-order chi connectivity index (χ1) is 14.3. The Hall–Kier alpha value is -3.30. The normalized spacial score (nSPS) is 17.3. The number of anilines is 2. The van der Waals surface area contributed by atoms with Crippen molar-refractivity contribution in [1.29, 1.82) is 0 Å². The van der Waals surface area contributed by atoms with E-state index >= 15 is 0 Å². The Kier molecular flexibility index (Phi) is 5.23. The fraction of sp³-hybridized carbons (Fsp3) is 0.350. The third kappa shape index (κ3) is 4.03. The molecule has 30 heavy (non-hydrogen) atoms. The van der Waals surface area contributed by atoms with E-state index in [0.29, 0.717) is 50.6 Å². The fourth-order valence-electron chi connectivity index (χ4n) is 3.56. The summed E-state index contributed by atoms with van der Waals surface area (Å²) >= 11 is 0. The zero-order valence-electron chi connectivity index (χ0n) is 16.0. The molecule has 1 aromatic carbocycles. The molecule has 10 heteroatoms. The Bertz CT molecular complexity index is 923. The summed E-state index contributed by atoms with van der Waals surface area (Å²) in [6, 6.07) is 9.12. The van der Waals surface area contributed by atoms with E-state index in [2.05, 4.69) is 10.3 Å². The van der Waals surface area contributed by atoms with Crippen LogP contribution in [0.5, 0.6) is 0 Å². The topological polar surface area (TPSA) is 68.8 Å². The smallest absolute Gasteiger partial charge is 0.353 e. The minimum absolute atomic E-state index is 0.118. The number of pyridine rings is 1. The van der Waals surface area contributed by atoms with Gasteiger partial charge in [0.25, 0.3) is 5.91 Å². The van der Waals surface area contributed by atoms with Crippen LogP contribution in [0.25, 0.3) is 0 Å². The molecule has 2 aliphatic heterocycles. The van der Waals surface area contributed by atoms with E-state index in [0.717, 1.165) is 18.0 Å². The summed E-state index contributed by atoms with van der Waals surface area (Å²) < 4.78 is 38.0. The molecule has 0 atom stereocenters. The van der Waals surface area contributed by atoms with Gasteiger partial charge in [-0.25, -0.2) is 9.78 Å². The lowest BCUT2D eigenvalue weighted by Gasteiger charge is -2.35. The van der Waals surface area contributed by atoms with E-state index in [-0.39, 0.29) is 11.9 Å². The van der Waals surface area contributed by atoms with Crippen LogP contribution in [-0.4, -0.2) is 61.1 Å². The van der Waals surface area contributed by atoms with E-state index in [1.54, 1.807) is 34.1 Å². The number of rotatable bonds is 3. The van der Waals surface area contributed by atoms with Crippen molar-refractivity contribution in [1.82, 2.24) is 15.2 Å². The van der Waals surface area contributed by atoms with E-state index < -0.39 is 11.7 Å². The number of urea groups is 1. The highest BCUT2D eigenvalue weighted by molar-refractivity contribution is 5.97. The molecule has 0 spiro atoms. The van der Waals surface area contributed by atoms with Crippen molar-refractivity contribution >= 4 is 23.4 Å². The molecule has 4 rings (SSSR count). The number of carbonyl (C=O) groups is 2. The van der Waals surface area contributed by atoms with E-state index in [1.165, 1.54) is 6.07 Å². The average molecular weight is 419 g/mol. The van der Waals surface area contributed by atoms with Crippen molar-refractivity contribution in [2.45, 2.75) is 6.18 Å². The first-order valence-corrected chi connectivity index (χ1v) is 9.56. The van der Waals surface area contributed by atoms with Gasteiger partial charge in [-0.2, -0.15) is 13.2 Å². The Morgan fingerprint density at radius 2 is 1.67 bits per heavy atom. The molecule has 2 fully saturated rings. The summed E-state index contributed by atoms with van der Waals surface area (Å²) in [5.74, 6) is 0.343. The fourth-order valence-corrected chi connectivity index (χ4v) is 3.56. The molecule has 3 amide bonds. The molecule has 0 aliphatic carbocycles. The number of benzene rings is 1. The van der Waals surface area contributed by atoms with Gasteiger partial charge in [-0.05, 0) is 36.4 Å². The molecule has 0 saturated carbocycles. The van der Waals surface area contributed by atoms with Gasteiger partial charge in [-0.1, -0.05) is 0 Å². The maximum atomic E-state index is 12.8. The van der Waals surface area contributed by atoms with Crippen LogP contribution in [0.15, 0.2) is 42.6 Å². The quantitative estimate of drug-likeness (QED) is 0.831. The Morgan fingerprint density at radius 1 is 0.967 bits per heavy atom. The first kappa shape index (κ1) is 20.0. The van der Waals surface area contributed by atoms with Crippen LogP contribution in [0.2, 0.25) is 0 Å². The predicted molar refractivity (Wildman–Crippen MR) is 105 cm³/mol. The molecule has 0 unspecified atom stereocenters. The van der Waals surface area contributed by atoms with Crippen molar-refractivity contribution < 1.29 is 22.8 Å². The van der Waals surface area contributed by atoms with Gasteiger partial charge in [0.1, 0.15) is 5.82 Å². The molecule has 1 N–H and O–H groups in total. The number of amides is 3. The number of halogens is 3. The van der Waals surface area contributed by atoms with E-state index in [1.807, 2.05) is 4.90 Å². The van der Waals surface area contributed by atoms with Crippen LogP contribution >= 0.6 is 0 Å². The van der Waals surface area contributed by atoms with Gasteiger partial charge < -0.3 is 15.1 Å². The zero-order valence-corrected chi connectivity index (χ0v) is 16.0. The zero-order chi connectivity index (χ0) is 21.3. The van der Waals surface area contributed by atoms with Gasteiger partial charge in [-0.15, -0.1) is 0 Å². The van der Waals surface area contributed by atoms with Gasteiger partial charge >= 0.3 is 12.2 Å². The number of carbonyl (C=O) groups excluding carboxylic acids is 2. The van der Waals surface area contributed by atoms with Gasteiger partial charge in [0.15, 0.2) is 0 Å². The maximum absolute atomic E-state index is 12.8. The maximum Gasteiger partial charge on any atom is 0.417 e. The summed E-state index contributed by atoms with van der Waals surface area (Å²) in [5.41, 5.74) is 0.481. The van der Waals surface area contributed by atoms with Gasteiger partial charge in [-0.3, -0.25) is 9.69 Å². The number of hydrogen-bond donors (Lipinski definition) is 1. The lowest BCUT2D eigenvalue weighted by atomic mass is 10.1. The minimum atomic E-state index is -4.41. The SMILES string of the molecule is O=C(c1ccc(N2CCNC2=O)cc1)N1CCN(c2ccc(C(F)(F)F)cn2)CC1. The second-order valence-corrected chi connectivity index (χ2v) is 7.11. The highest BCUT2D eigenvalue weighted by Gasteiger charge is 2.31. The third-order valence-electron chi connectivity index (χ3n) is 5.25. The van der Waals surface area contributed by atoms with Crippen LogP contribution in [0, 0.1) is 0 Å². The lowest BCUT2D eigenvalue weighted by Crippen LogP contribution is -2.49. The summed E-state index contributed by atoms with van der Waals surface area (Å²) in [5, 5.41) is 2.73. The van der Waals surface area contributed by atoms with Crippen molar-refractivity contribution in [3.8, 4) is 0 Å². The van der Waals surface area contributed by atoms with Crippen LogP contribution in [0.4, 0.5) is 29.5 Å². The van der Waals surface area contributed by atoms with Crippen LogP contribution in [-0.2, 0) is 6.18 Å². The summed E-state index contributed by atoms with van der Waals surface area (Å²) in [7, 11) is 0. The molecule has 1 aromatic heterocycles. The highest BCUT2D eigenvalue weighted by Crippen LogP contribution is 2.29. The van der Waals surface area contributed by atoms with Crippen molar-refractivity contribution in [2.24, 2.45) is 0 Å². The van der Waals surface area contributed by atoms with Gasteiger partial charge in [0.05, 0.1) is 5.56 Å². The lowest BCUT2D eigenvalue weighted by molar-refractivity contribution is -0.137. The molecule has 0 bridgehead atoms. The molecule has 2 saturated heterocycles. The molecule has 2 aromatic rings. The number of hydrogen-bond acceptors (Lipinski definition) is 4. The molecule has 3 heterocycles. The first-order valence-electron chi connectivity index (χ1n) is 9.56. The minimum Gasteiger partial charge on any atom is -0.353 e. The third-order valence-corrected chi connectivity index (χ3v) is 5.25. The number of aromatic nitrogens is 1. The van der Waals surface area contributed by atoms with Crippen LogP contribution in [0.1, 0.15) is 15.9 Å². The number of piperazine rings is 1. The molecule has 2 aliphatic rings. The summed E-state index contributed by atoms with van der Waals surface area (Å²) in [4.78, 5) is 33.6. The van der Waals surface area contributed by atoms with Crippen molar-refractivity contribution in [3.05, 3.63) is 53.7 Å². The molecule has 158 valence electrons. The van der Waals surface area contributed by atoms with E-state index in [4.69, 9.17) is 0 Å². The Morgan fingerprint density at radius 3 is 2.20 bits per heavy atom. The summed E-state index contributed by atoms with van der Waals surface area (Å²) in [6.45, 7) is 3.03. The standard InChI is InChI=1S/C20H20F3N5O2/c21-20(22,23)15-3-6-17(25-13-15)26-9-11-27(12-10-26)18(29)14-1-4-16(5-2-14)28-8-7-24-19(28)30/h1-6,13H,7-12H2,(H,24,30). The number of alkyl halides is 3. The summed E-state index contributed by atoms with van der Waals surface area (Å²) in [6.07, 6.45) is -3.58. The van der Waals surface area contributed by atoms with Crippen LogP contribution in [0.3, 0.4) is 0 Å². The highest BCUT2D eigenvalue weighted by atomic mass is 19.4. The van der Waals surface area contributed by atoms with Gasteiger partial charge in [0.2, 0.25) is 0 Å². The predicted octanol–water partition coefficient (Wildman–Crippen LogP) is 2.59. The average Bonchev–Trinajstić information content (AvgIpc) is 3.19. The van der Waals surface area contributed by atoms with Crippen LogP contribution < -0.4 is 15.1 Å². The number of nitrogens with zero attached hydrogens (tertiary/aromatic N) is 4. The second-order valence-electron chi connectivity index (χ2n) is 7.11. The van der Waals surface area contributed by atoms with Gasteiger partial charge in [0, 0.05) is 56.7 Å². The second kappa shape index (κ2) is 7.85. The molecule has 0 radical (unpaired) electrons. The monoisotopic (exact) mass is 419 g/mol. The van der Waals surface area contributed by atoms with Crippen molar-refractivity contribution in [2.75, 3.05) is 49.1 Å². The largest absolute Gasteiger partial charge is 0.417 e. The molecular formula is C20H20F3N5O2. The van der Waals surface area contributed by atoms with E-state index in [9.17, 15) is 22.8 Å². The number of nitrogens with one attached hydrogen (secondary N) is 1. The Labute approximate surface area is 171 Å². The Balaban J connectivity index is 1.35. The molecular weight excluding hydrogens is 399 g/mol.